The Bertz CT molecular complexity index is 1340. The zero-order valence-electron chi connectivity index (χ0n) is 18.7. The topological polar surface area (TPSA) is 170 Å². The first-order valence-corrected chi connectivity index (χ1v) is 12.0. The molecule has 0 saturated carbocycles. The second-order valence-corrected chi connectivity index (χ2v) is 9.03. The van der Waals surface area contributed by atoms with Crippen LogP contribution in [0.15, 0.2) is 75.9 Å². The third kappa shape index (κ3) is 6.84. The third-order valence-corrected chi connectivity index (χ3v) is 6.03. The first kappa shape index (κ1) is 25.3. The number of anilines is 1. The van der Waals surface area contributed by atoms with Gasteiger partial charge in [-0.05, 0) is 55.0 Å². The van der Waals surface area contributed by atoms with Crippen LogP contribution in [0.4, 0.5) is 17.2 Å². The fourth-order valence-electron chi connectivity index (χ4n) is 2.96. The number of rotatable bonds is 10. The summed E-state index contributed by atoms with van der Waals surface area (Å²) in [6, 6.07) is 12.8. The summed E-state index contributed by atoms with van der Waals surface area (Å²) < 4.78 is 27.4. The van der Waals surface area contributed by atoms with Crippen molar-refractivity contribution >= 4 is 39.1 Å². The lowest BCUT2D eigenvalue weighted by atomic mass is 10.0. The molecule has 2 aromatic carbocycles. The number of amides is 1. The molecule has 0 aliphatic heterocycles. The predicted octanol–water partition coefficient (Wildman–Crippen LogP) is 3.77. The van der Waals surface area contributed by atoms with Crippen LogP contribution in [0.2, 0.25) is 0 Å². The number of nitrogens with zero attached hydrogens (tertiary/aromatic N) is 3. The molecule has 0 radical (unpaired) electrons. The second-order valence-electron chi connectivity index (χ2n) is 7.35. The highest BCUT2D eigenvalue weighted by atomic mass is 32.2. The van der Waals surface area contributed by atoms with Gasteiger partial charge in [0.1, 0.15) is 17.1 Å². The van der Waals surface area contributed by atoms with Gasteiger partial charge in [0.15, 0.2) is 0 Å². The highest BCUT2D eigenvalue weighted by Crippen LogP contribution is 2.30. The summed E-state index contributed by atoms with van der Waals surface area (Å²) in [5, 5.41) is 30.3. The minimum absolute atomic E-state index is 0.0136. The quantitative estimate of drug-likeness (QED) is 0.309. The monoisotopic (exact) mass is 497 g/mol. The normalized spacial score (nSPS) is 11.3. The summed E-state index contributed by atoms with van der Waals surface area (Å²) in [5.74, 6) is -2.09. The van der Waals surface area contributed by atoms with Crippen molar-refractivity contribution in [1.29, 1.82) is 0 Å². The van der Waals surface area contributed by atoms with Gasteiger partial charge in [0.25, 0.3) is 10.0 Å². The smallest absolute Gasteiger partial charge is 0.339 e. The molecule has 0 atom stereocenters. The van der Waals surface area contributed by atoms with Gasteiger partial charge in [0, 0.05) is 18.3 Å². The number of carboxylic acid groups (broad SMARTS) is 1. The van der Waals surface area contributed by atoms with Crippen LogP contribution in [0.5, 0.6) is 5.75 Å². The number of phenols is 1. The van der Waals surface area contributed by atoms with Crippen LogP contribution in [-0.2, 0) is 21.2 Å². The molecule has 0 aliphatic carbocycles. The Morgan fingerprint density at radius 3 is 2.37 bits per heavy atom. The van der Waals surface area contributed by atoms with E-state index in [1.807, 2.05) is 6.92 Å². The van der Waals surface area contributed by atoms with Crippen LogP contribution in [0, 0.1) is 0 Å². The average Bonchev–Trinajstić information content (AvgIpc) is 2.83. The van der Waals surface area contributed by atoms with Crippen molar-refractivity contribution < 1.29 is 28.2 Å². The molecule has 11 nitrogen and oxygen atoms in total. The number of carboxylic acids is 1. The molecule has 1 aromatic heterocycles. The maximum atomic E-state index is 12.5. The van der Waals surface area contributed by atoms with E-state index in [2.05, 4.69) is 25.3 Å². The number of sulfonamides is 1. The molecule has 0 unspecified atom stereocenters. The number of carbonyl (C=O) groups is 2. The minimum Gasteiger partial charge on any atom is -0.507 e. The summed E-state index contributed by atoms with van der Waals surface area (Å²) in [6.07, 6.45) is 1.96. The molecule has 0 aliphatic rings. The van der Waals surface area contributed by atoms with Crippen LogP contribution >= 0.6 is 0 Å². The van der Waals surface area contributed by atoms with E-state index in [9.17, 15) is 28.2 Å². The molecule has 1 heterocycles. The molecule has 0 saturated heterocycles. The van der Waals surface area contributed by atoms with Gasteiger partial charge >= 0.3 is 5.97 Å². The molecule has 12 heteroatoms. The minimum atomic E-state index is -3.86. The maximum absolute atomic E-state index is 12.5. The summed E-state index contributed by atoms with van der Waals surface area (Å²) in [6.45, 7) is 2.34. The first-order valence-electron chi connectivity index (χ1n) is 10.5. The molecule has 3 rings (SSSR count). The Hall–Kier alpha value is -4.32. The van der Waals surface area contributed by atoms with Crippen LogP contribution in [0.1, 0.15) is 29.3 Å². The Labute approximate surface area is 201 Å². The van der Waals surface area contributed by atoms with Crippen molar-refractivity contribution in [3.63, 3.8) is 0 Å². The van der Waals surface area contributed by atoms with Crippen molar-refractivity contribution in [1.82, 2.24) is 10.3 Å². The number of hydrogen-bond acceptors (Lipinski definition) is 8. The third-order valence-electron chi connectivity index (χ3n) is 4.66. The van der Waals surface area contributed by atoms with Crippen LogP contribution < -0.4 is 10.0 Å². The number of nitrogens with one attached hydrogen (secondary N) is 2. The lowest BCUT2D eigenvalue weighted by Crippen LogP contribution is -2.25. The van der Waals surface area contributed by atoms with E-state index in [0.717, 1.165) is 12.5 Å². The number of aromatic carboxylic acids is 1. The van der Waals surface area contributed by atoms with Crippen LogP contribution in [-0.4, -0.2) is 42.0 Å². The van der Waals surface area contributed by atoms with Gasteiger partial charge in [-0.25, -0.2) is 18.2 Å². The number of azo groups is 1. The zero-order chi connectivity index (χ0) is 25.4. The van der Waals surface area contributed by atoms with E-state index in [0.29, 0.717) is 12.2 Å². The van der Waals surface area contributed by atoms with Gasteiger partial charge in [-0.2, -0.15) is 10.2 Å². The van der Waals surface area contributed by atoms with E-state index >= 15 is 0 Å². The first-order chi connectivity index (χ1) is 16.7. The van der Waals surface area contributed by atoms with Crippen molar-refractivity contribution in [2.24, 2.45) is 10.2 Å². The lowest BCUT2D eigenvalue weighted by molar-refractivity contribution is -0.120. The lowest BCUT2D eigenvalue weighted by Gasteiger charge is -2.09. The van der Waals surface area contributed by atoms with Gasteiger partial charge in [0.05, 0.1) is 22.7 Å². The highest BCUT2D eigenvalue weighted by Gasteiger charge is 2.18. The predicted molar refractivity (Wildman–Crippen MR) is 128 cm³/mol. The van der Waals surface area contributed by atoms with Crippen molar-refractivity contribution in [3.8, 4) is 5.75 Å². The number of aromatic hydroxyl groups is 1. The molecule has 0 fully saturated rings. The molecule has 3 aromatic rings. The van der Waals surface area contributed by atoms with Crippen LogP contribution in [0.25, 0.3) is 0 Å². The molecular weight excluding hydrogens is 474 g/mol. The van der Waals surface area contributed by atoms with E-state index in [-0.39, 0.29) is 34.3 Å². The van der Waals surface area contributed by atoms with Crippen molar-refractivity contribution in [3.05, 3.63) is 71.9 Å². The number of benzene rings is 2. The van der Waals surface area contributed by atoms with E-state index in [1.165, 1.54) is 42.6 Å². The number of aromatic nitrogens is 1. The van der Waals surface area contributed by atoms with E-state index in [1.54, 1.807) is 12.1 Å². The Morgan fingerprint density at radius 2 is 1.74 bits per heavy atom. The Balaban J connectivity index is 1.81. The molecule has 4 N–H and O–H groups in total. The molecule has 1 amide bonds. The van der Waals surface area contributed by atoms with E-state index in [4.69, 9.17) is 0 Å². The van der Waals surface area contributed by atoms with Gasteiger partial charge in [-0.1, -0.05) is 13.0 Å². The van der Waals surface area contributed by atoms with Gasteiger partial charge < -0.3 is 15.5 Å². The Kier molecular flexibility index (Phi) is 8.10. The van der Waals surface area contributed by atoms with Crippen molar-refractivity contribution in [2.75, 3.05) is 11.3 Å². The number of carbonyl (C=O) groups excluding carboxylic acids is 1. The molecule has 0 spiro atoms. The Morgan fingerprint density at radius 1 is 1.03 bits per heavy atom. The largest absolute Gasteiger partial charge is 0.507 e. The van der Waals surface area contributed by atoms with Gasteiger partial charge in [-0.15, -0.1) is 0 Å². The fraction of sp³-hybridized carbons (Fsp3) is 0.174. The number of pyridine rings is 1. The summed E-state index contributed by atoms with van der Waals surface area (Å²) >= 11 is 0. The van der Waals surface area contributed by atoms with Crippen molar-refractivity contribution in [2.45, 2.75) is 24.7 Å². The summed E-state index contributed by atoms with van der Waals surface area (Å²) in [5.41, 5.74) is 0.0808. The van der Waals surface area contributed by atoms with Crippen LogP contribution in [0.3, 0.4) is 0 Å². The average molecular weight is 498 g/mol. The molecular formula is C23H23N5O6S. The number of hydrogen-bond donors (Lipinski definition) is 4. The zero-order valence-corrected chi connectivity index (χ0v) is 19.5. The summed E-state index contributed by atoms with van der Waals surface area (Å²) in [7, 11) is -3.86. The SMILES string of the molecule is CCCNC(=O)Cc1cc(N=Nc2ccc(S(=O)(=O)Nc3ccccn3)cc2)cc(C(=O)O)c1O. The molecule has 0 bridgehead atoms. The molecule has 35 heavy (non-hydrogen) atoms. The second kappa shape index (κ2) is 11.2. The highest BCUT2D eigenvalue weighted by molar-refractivity contribution is 7.92. The summed E-state index contributed by atoms with van der Waals surface area (Å²) in [4.78, 5) is 27.5. The van der Waals surface area contributed by atoms with Gasteiger partial charge in [0.2, 0.25) is 5.91 Å². The molecule has 182 valence electrons. The fourth-order valence-corrected chi connectivity index (χ4v) is 3.97. The van der Waals surface area contributed by atoms with Gasteiger partial charge in [-0.3, -0.25) is 9.52 Å². The maximum Gasteiger partial charge on any atom is 0.339 e. The van der Waals surface area contributed by atoms with E-state index < -0.39 is 27.3 Å². The standard InChI is InChI=1S/C23H23N5O6S/c1-2-10-25-21(29)13-15-12-17(14-19(22(15)30)23(31)32)27-26-16-6-8-18(9-7-16)35(33,34)28-20-5-3-4-11-24-20/h3-9,11-12,14,30H,2,10,13H2,1H3,(H,24,28)(H,25,29)(H,31,32).